The van der Waals surface area contributed by atoms with Crippen LogP contribution in [0.15, 0.2) is 47.4 Å². The zero-order valence-electron chi connectivity index (χ0n) is 18.2. The summed E-state index contributed by atoms with van der Waals surface area (Å²) in [4.78, 5) is 15.0. The maximum Gasteiger partial charge on any atom is 0.261 e. The van der Waals surface area contributed by atoms with Crippen molar-refractivity contribution in [1.82, 2.24) is 4.90 Å². The number of hydrogen-bond donors (Lipinski definition) is 1. The Kier molecular flexibility index (Phi) is 6.68. The van der Waals surface area contributed by atoms with E-state index in [9.17, 15) is 13.2 Å². The minimum atomic E-state index is -3.85. The molecule has 4 rings (SSSR count). The summed E-state index contributed by atoms with van der Waals surface area (Å²) in [6, 6.07) is 11.2. The van der Waals surface area contributed by atoms with Crippen molar-refractivity contribution in [1.29, 1.82) is 0 Å². The van der Waals surface area contributed by atoms with Crippen LogP contribution in [0.4, 0.5) is 5.69 Å². The summed E-state index contributed by atoms with van der Waals surface area (Å²) in [5, 5.41) is 0. The van der Waals surface area contributed by atoms with Gasteiger partial charge in [0.05, 0.1) is 25.2 Å². The molecular weight excluding hydrogens is 432 g/mol. The molecule has 2 aromatic rings. The Morgan fingerprint density at radius 3 is 2.34 bits per heavy atom. The molecule has 32 heavy (non-hydrogen) atoms. The van der Waals surface area contributed by atoms with Gasteiger partial charge in [0.25, 0.3) is 15.9 Å². The molecule has 0 spiro atoms. The van der Waals surface area contributed by atoms with Crippen LogP contribution in [0.1, 0.15) is 28.8 Å². The Bertz CT molecular complexity index is 1060. The summed E-state index contributed by atoms with van der Waals surface area (Å²) in [6.45, 7) is 4.23. The van der Waals surface area contributed by atoms with Gasteiger partial charge in [-0.15, -0.1) is 0 Å². The number of ether oxygens (including phenoxy) is 3. The summed E-state index contributed by atoms with van der Waals surface area (Å²) in [5.74, 6) is 0.754. The Morgan fingerprint density at radius 2 is 1.72 bits per heavy atom. The van der Waals surface area contributed by atoms with Crippen LogP contribution in [0.2, 0.25) is 0 Å². The van der Waals surface area contributed by atoms with Gasteiger partial charge in [-0.25, -0.2) is 8.42 Å². The van der Waals surface area contributed by atoms with Crippen molar-refractivity contribution < 1.29 is 27.4 Å². The highest BCUT2D eigenvalue weighted by molar-refractivity contribution is 7.92. The smallest absolute Gasteiger partial charge is 0.261 e. The topological polar surface area (TPSA) is 94.2 Å². The molecule has 2 aromatic carbocycles. The Hall–Kier alpha value is -2.62. The summed E-state index contributed by atoms with van der Waals surface area (Å²) >= 11 is 0. The second kappa shape index (κ2) is 9.48. The van der Waals surface area contributed by atoms with Gasteiger partial charge in [0.2, 0.25) is 0 Å². The van der Waals surface area contributed by atoms with Gasteiger partial charge < -0.3 is 19.1 Å². The van der Waals surface area contributed by atoms with Gasteiger partial charge in [-0.3, -0.25) is 9.52 Å². The molecule has 2 fully saturated rings. The van der Waals surface area contributed by atoms with E-state index in [2.05, 4.69) is 4.72 Å². The Labute approximate surface area is 188 Å². The van der Waals surface area contributed by atoms with E-state index in [4.69, 9.17) is 14.2 Å². The number of carbonyl (C=O) groups is 1. The molecule has 0 bridgehead atoms. The highest BCUT2D eigenvalue weighted by Crippen LogP contribution is 2.28. The van der Waals surface area contributed by atoms with Gasteiger partial charge in [0.1, 0.15) is 5.75 Å². The molecule has 2 saturated heterocycles. The lowest BCUT2D eigenvalue weighted by Gasteiger charge is -2.34. The van der Waals surface area contributed by atoms with Gasteiger partial charge in [-0.1, -0.05) is 6.07 Å². The number of methoxy groups -OCH3 is 1. The van der Waals surface area contributed by atoms with Crippen LogP contribution in [-0.4, -0.2) is 58.9 Å². The maximum atomic E-state index is 13.2. The predicted molar refractivity (Wildman–Crippen MR) is 119 cm³/mol. The molecule has 2 heterocycles. The zero-order valence-corrected chi connectivity index (χ0v) is 19.1. The predicted octanol–water partition coefficient (Wildman–Crippen LogP) is 3.03. The molecule has 1 amide bonds. The van der Waals surface area contributed by atoms with E-state index in [1.54, 1.807) is 42.3 Å². The van der Waals surface area contributed by atoms with Crippen molar-refractivity contribution >= 4 is 21.6 Å². The molecule has 2 aliphatic heterocycles. The first-order valence-corrected chi connectivity index (χ1v) is 12.2. The fourth-order valence-electron chi connectivity index (χ4n) is 4.07. The number of hydrogen-bond acceptors (Lipinski definition) is 6. The van der Waals surface area contributed by atoms with Crippen LogP contribution >= 0.6 is 0 Å². The highest BCUT2D eigenvalue weighted by Gasteiger charge is 2.32. The first-order chi connectivity index (χ1) is 15.4. The van der Waals surface area contributed by atoms with E-state index in [-0.39, 0.29) is 23.0 Å². The van der Waals surface area contributed by atoms with Crippen LogP contribution in [0.25, 0.3) is 0 Å². The van der Waals surface area contributed by atoms with Crippen LogP contribution in [-0.2, 0) is 19.5 Å². The zero-order chi connectivity index (χ0) is 22.7. The average molecular weight is 461 g/mol. The molecule has 0 saturated carbocycles. The molecular formula is C23H28N2O6S. The van der Waals surface area contributed by atoms with Crippen LogP contribution < -0.4 is 9.46 Å². The largest absolute Gasteiger partial charge is 0.497 e. The molecule has 0 radical (unpaired) electrons. The first-order valence-electron chi connectivity index (χ1n) is 10.7. The van der Waals surface area contributed by atoms with Gasteiger partial charge in [0, 0.05) is 30.3 Å². The molecule has 172 valence electrons. The molecule has 8 nitrogen and oxygen atoms in total. The van der Waals surface area contributed by atoms with Crippen LogP contribution in [0.3, 0.4) is 0 Å². The normalized spacial score (nSPS) is 18.0. The number of amides is 1. The number of carbonyl (C=O) groups excluding carboxylic acids is 1. The second-order valence-corrected chi connectivity index (χ2v) is 9.73. The van der Waals surface area contributed by atoms with Crippen molar-refractivity contribution in [3.05, 3.63) is 53.6 Å². The van der Waals surface area contributed by atoms with Gasteiger partial charge in [0.15, 0.2) is 6.29 Å². The number of nitrogens with zero attached hydrogens (tertiary/aromatic N) is 1. The molecule has 0 aliphatic carbocycles. The lowest BCUT2D eigenvalue weighted by molar-refractivity contribution is -0.0956. The number of aryl methyl sites for hydroxylation is 1. The van der Waals surface area contributed by atoms with Gasteiger partial charge in [-0.05, 0) is 61.7 Å². The summed E-state index contributed by atoms with van der Waals surface area (Å²) in [7, 11) is -2.31. The van der Waals surface area contributed by atoms with Gasteiger partial charge in [-0.2, -0.15) is 0 Å². The van der Waals surface area contributed by atoms with E-state index < -0.39 is 10.0 Å². The van der Waals surface area contributed by atoms with Crippen molar-refractivity contribution in [3.8, 4) is 5.75 Å². The van der Waals surface area contributed by atoms with Crippen molar-refractivity contribution in [3.63, 3.8) is 0 Å². The number of rotatable bonds is 6. The first kappa shape index (κ1) is 22.6. The molecule has 0 unspecified atom stereocenters. The average Bonchev–Trinajstić information content (AvgIpc) is 3.34. The fourth-order valence-corrected chi connectivity index (χ4v) is 5.15. The molecule has 0 atom stereocenters. The maximum absolute atomic E-state index is 13.2. The lowest BCUT2D eigenvalue weighted by Crippen LogP contribution is -2.41. The quantitative estimate of drug-likeness (QED) is 0.712. The highest BCUT2D eigenvalue weighted by atomic mass is 32.2. The van der Waals surface area contributed by atoms with E-state index >= 15 is 0 Å². The molecule has 2 aliphatic rings. The minimum Gasteiger partial charge on any atom is -0.497 e. The summed E-state index contributed by atoms with van der Waals surface area (Å²) in [6.07, 6.45) is 1.42. The van der Waals surface area contributed by atoms with E-state index in [1.807, 2.05) is 6.92 Å². The Balaban J connectivity index is 1.47. The molecule has 9 heteroatoms. The summed E-state index contributed by atoms with van der Waals surface area (Å²) < 4.78 is 44.7. The molecule has 0 aromatic heterocycles. The SMILES string of the molecule is COc1ccc(NS(=O)(=O)c2ccc(C)c(C(=O)N3CCC(C4OCCO4)CC3)c2)cc1. The fraction of sp³-hybridized carbons (Fsp3) is 0.435. The lowest BCUT2D eigenvalue weighted by atomic mass is 9.95. The third-order valence-electron chi connectivity index (χ3n) is 5.95. The van der Waals surface area contributed by atoms with E-state index in [1.165, 1.54) is 12.1 Å². The van der Waals surface area contributed by atoms with Gasteiger partial charge >= 0.3 is 0 Å². The third-order valence-corrected chi connectivity index (χ3v) is 7.33. The van der Waals surface area contributed by atoms with Crippen LogP contribution in [0, 0.1) is 12.8 Å². The Morgan fingerprint density at radius 1 is 1.06 bits per heavy atom. The summed E-state index contributed by atoms with van der Waals surface area (Å²) in [5.41, 5.74) is 1.55. The van der Waals surface area contributed by atoms with Crippen LogP contribution in [0.5, 0.6) is 5.75 Å². The number of piperidine rings is 1. The number of anilines is 1. The number of nitrogens with one attached hydrogen (secondary N) is 1. The number of sulfonamides is 1. The third kappa shape index (κ3) is 4.90. The number of benzene rings is 2. The molecule has 1 N–H and O–H groups in total. The van der Waals surface area contributed by atoms with E-state index in [0.29, 0.717) is 43.3 Å². The number of likely N-dealkylation sites (tertiary alicyclic amines) is 1. The standard InChI is InChI=1S/C23H28N2O6S/c1-16-3-8-20(32(27,28)24-18-4-6-19(29-2)7-5-18)15-21(16)22(26)25-11-9-17(10-12-25)23-30-13-14-31-23/h3-8,15,17,23-24H,9-14H2,1-2H3. The van der Waals surface area contributed by atoms with E-state index in [0.717, 1.165) is 18.4 Å². The van der Waals surface area contributed by atoms with Crippen molar-refractivity contribution in [2.75, 3.05) is 38.1 Å². The van der Waals surface area contributed by atoms with Crippen molar-refractivity contribution in [2.24, 2.45) is 5.92 Å². The second-order valence-electron chi connectivity index (χ2n) is 8.05. The minimum absolute atomic E-state index is 0.0462. The van der Waals surface area contributed by atoms with Crippen molar-refractivity contribution in [2.45, 2.75) is 31.0 Å². The monoisotopic (exact) mass is 460 g/mol.